The normalized spacial score (nSPS) is 30.6. The highest BCUT2D eigenvalue weighted by Crippen LogP contribution is 2.74. The fourth-order valence-corrected chi connectivity index (χ4v) is 10.4. The Hall–Kier alpha value is -2.13. The molecular formula is C38H40S3. The second-order valence-electron chi connectivity index (χ2n) is 13.7. The van der Waals surface area contributed by atoms with Crippen LogP contribution in [0.5, 0.6) is 0 Å². The molecule has 2 aromatic carbocycles. The first-order valence-corrected chi connectivity index (χ1v) is 16.7. The Bertz CT molecular complexity index is 1550. The average molecular weight is 593 g/mol. The number of allylic oxidation sites excluding steroid dienone is 3. The number of hydrogen-bond acceptors (Lipinski definition) is 3. The molecule has 0 amide bonds. The SMILES string of the molecule is Cc1c(C)c(C#Cc2ccc(C34CC5(CS)CC(CS)(CC(CS)(C5)C3)C4)cc2)c(C)c(C)c1C#CC1=C=CC=C1. The highest BCUT2D eigenvalue weighted by Gasteiger charge is 2.67. The third-order valence-corrected chi connectivity index (χ3v) is 12.8. The molecule has 0 N–H and O–H groups in total. The lowest BCUT2D eigenvalue weighted by Crippen LogP contribution is -2.64. The molecule has 0 heterocycles. The molecule has 3 heteroatoms. The van der Waals surface area contributed by atoms with E-state index in [9.17, 15) is 0 Å². The lowest BCUT2D eigenvalue weighted by Gasteiger charge is -2.71. The van der Waals surface area contributed by atoms with Crippen LogP contribution in [0.3, 0.4) is 0 Å². The Morgan fingerprint density at radius 1 is 0.634 bits per heavy atom. The molecular weight excluding hydrogens is 553 g/mol. The van der Waals surface area contributed by atoms with E-state index >= 15 is 0 Å². The van der Waals surface area contributed by atoms with Crippen LogP contribution in [-0.4, -0.2) is 17.3 Å². The summed E-state index contributed by atoms with van der Waals surface area (Å²) in [5, 5.41) is 0. The molecule has 0 unspecified atom stereocenters. The number of benzene rings is 2. The highest BCUT2D eigenvalue weighted by molar-refractivity contribution is 7.80. The minimum atomic E-state index is 0.202. The smallest absolute Gasteiger partial charge is 0.0667 e. The molecule has 0 spiro atoms. The zero-order chi connectivity index (χ0) is 29.0. The predicted octanol–water partition coefficient (Wildman–Crippen LogP) is 8.69. The minimum Gasteiger partial charge on any atom is -0.179 e. The van der Waals surface area contributed by atoms with Crippen molar-refractivity contribution in [2.75, 3.05) is 17.3 Å². The molecule has 4 fully saturated rings. The second kappa shape index (κ2) is 10.5. The minimum absolute atomic E-state index is 0.202. The van der Waals surface area contributed by atoms with Crippen LogP contribution < -0.4 is 0 Å². The summed E-state index contributed by atoms with van der Waals surface area (Å²) < 4.78 is 0. The molecule has 0 aromatic heterocycles. The van der Waals surface area contributed by atoms with Crippen LogP contribution in [0.25, 0.3) is 0 Å². The second-order valence-corrected chi connectivity index (χ2v) is 14.7. The molecule has 5 aliphatic carbocycles. The van der Waals surface area contributed by atoms with E-state index in [0.717, 1.165) is 39.5 Å². The van der Waals surface area contributed by atoms with Gasteiger partial charge in [0.05, 0.1) is 5.57 Å². The maximum Gasteiger partial charge on any atom is 0.0667 e. The summed E-state index contributed by atoms with van der Waals surface area (Å²) in [5.41, 5.74) is 14.9. The summed E-state index contributed by atoms with van der Waals surface area (Å²) in [5.74, 6) is 16.6. The maximum atomic E-state index is 4.93. The van der Waals surface area contributed by atoms with Crippen molar-refractivity contribution in [1.82, 2.24) is 0 Å². The summed E-state index contributed by atoms with van der Waals surface area (Å²) >= 11 is 14.8. The number of thiol groups is 3. The van der Waals surface area contributed by atoms with Crippen LogP contribution in [-0.2, 0) is 5.41 Å². The van der Waals surface area contributed by atoms with Crippen LogP contribution in [0.4, 0.5) is 0 Å². The fourth-order valence-electron chi connectivity index (χ4n) is 9.37. The van der Waals surface area contributed by atoms with E-state index in [1.165, 1.54) is 66.3 Å². The van der Waals surface area contributed by atoms with Gasteiger partial charge in [-0.25, -0.2) is 0 Å². The van der Waals surface area contributed by atoms with Gasteiger partial charge in [0.25, 0.3) is 0 Å². The first-order chi connectivity index (χ1) is 19.6. The lowest BCUT2D eigenvalue weighted by atomic mass is 9.35. The Morgan fingerprint density at radius 3 is 1.51 bits per heavy atom. The molecule has 0 atom stereocenters. The van der Waals surface area contributed by atoms with Gasteiger partial charge in [0, 0.05) is 16.7 Å². The lowest BCUT2D eigenvalue weighted by molar-refractivity contribution is -0.145. The van der Waals surface area contributed by atoms with Crippen LogP contribution >= 0.6 is 37.9 Å². The average Bonchev–Trinajstić information content (AvgIpc) is 3.49. The van der Waals surface area contributed by atoms with Crippen molar-refractivity contribution in [2.24, 2.45) is 16.2 Å². The summed E-state index contributed by atoms with van der Waals surface area (Å²) in [6.07, 6.45) is 13.5. The first kappa shape index (κ1) is 29.0. The van der Waals surface area contributed by atoms with E-state index in [0.29, 0.717) is 16.2 Å². The molecule has 0 saturated heterocycles. The molecule has 4 bridgehead atoms. The summed E-state index contributed by atoms with van der Waals surface area (Å²) in [7, 11) is 0. The van der Waals surface area contributed by atoms with Gasteiger partial charge in [-0.05, 0) is 157 Å². The zero-order valence-electron chi connectivity index (χ0n) is 24.7. The van der Waals surface area contributed by atoms with Gasteiger partial charge in [-0.3, -0.25) is 0 Å². The maximum absolute atomic E-state index is 4.93. The number of rotatable bonds is 4. The molecule has 0 aliphatic heterocycles. The van der Waals surface area contributed by atoms with Gasteiger partial charge < -0.3 is 0 Å². The van der Waals surface area contributed by atoms with Gasteiger partial charge in [-0.15, -0.1) is 5.73 Å². The Balaban J connectivity index is 1.31. The summed E-state index contributed by atoms with van der Waals surface area (Å²) in [6.45, 7) is 8.68. The van der Waals surface area contributed by atoms with Crippen molar-refractivity contribution in [3.8, 4) is 23.7 Å². The molecule has 2 aromatic rings. The van der Waals surface area contributed by atoms with Crippen molar-refractivity contribution in [3.63, 3.8) is 0 Å². The third kappa shape index (κ3) is 4.89. The van der Waals surface area contributed by atoms with E-state index < -0.39 is 0 Å². The summed E-state index contributed by atoms with van der Waals surface area (Å²) in [6, 6.07) is 9.24. The van der Waals surface area contributed by atoms with Gasteiger partial charge in [-0.2, -0.15) is 37.9 Å². The molecule has 0 radical (unpaired) electrons. The van der Waals surface area contributed by atoms with Crippen LogP contribution in [0.1, 0.15) is 83.0 Å². The van der Waals surface area contributed by atoms with Crippen molar-refractivity contribution in [3.05, 3.63) is 98.3 Å². The van der Waals surface area contributed by atoms with Crippen molar-refractivity contribution in [1.29, 1.82) is 0 Å². The predicted molar refractivity (Wildman–Crippen MR) is 184 cm³/mol. The van der Waals surface area contributed by atoms with Crippen molar-refractivity contribution >= 4 is 37.9 Å². The number of hydrogen-bond donors (Lipinski definition) is 3. The largest absolute Gasteiger partial charge is 0.179 e. The van der Waals surface area contributed by atoms with Crippen molar-refractivity contribution < 1.29 is 0 Å². The van der Waals surface area contributed by atoms with E-state index in [1.54, 1.807) is 0 Å². The van der Waals surface area contributed by atoms with Crippen LogP contribution in [0.2, 0.25) is 0 Å². The zero-order valence-corrected chi connectivity index (χ0v) is 27.4. The molecule has 4 saturated carbocycles. The Morgan fingerprint density at radius 2 is 1.10 bits per heavy atom. The van der Waals surface area contributed by atoms with Crippen LogP contribution in [0.15, 0.2) is 53.8 Å². The quantitative estimate of drug-likeness (QED) is 0.177. The van der Waals surface area contributed by atoms with Gasteiger partial charge in [0.2, 0.25) is 0 Å². The molecule has 41 heavy (non-hydrogen) atoms. The van der Waals surface area contributed by atoms with Gasteiger partial charge in [-0.1, -0.05) is 41.9 Å². The van der Waals surface area contributed by atoms with E-state index in [4.69, 9.17) is 37.9 Å². The highest BCUT2D eigenvalue weighted by atomic mass is 32.1. The monoisotopic (exact) mass is 592 g/mol. The fraction of sp³-hybridized carbons (Fsp3) is 0.447. The topological polar surface area (TPSA) is 0 Å². The third-order valence-electron chi connectivity index (χ3n) is 10.8. The Labute approximate surface area is 263 Å². The standard InChI is InChI=1S/C38H40S3/c1-26-28(3)34(29(4)27(2)33(26)15-11-30-7-5-6-8-30)16-12-31-9-13-32(14-10-31)38-20-35(23-39)17-36(21-38,24-40)19-37(18-35,22-38)25-41/h5-7,9-10,13-14,39-41H,17-25H2,1-4H3. The molecule has 7 rings (SSSR count). The Kier molecular flexibility index (Phi) is 7.45. The van der Waals surface area contributed by atoms with Gasteiger partial charge >= 0.3 is 0 Å². The molecule has 0 nitrogen and oxygen atoms in total. The summed E-state index contributed by atoms with van der Waals surface area (Å²) in [4.78, 5) is 0. The molecule has 5 aliphatic rings. The van der Waals surface area contributed by atoms with Gasteiger partial charge in [0.1, 0.15) is 0 Å². The van der Waals surface area contributed by atoms with E-state index in [1.807, 2.05) is 18.2 Å². The van der Waals surface area contributed by atoms with E-state index in [2.05, 4.69) is 81.4 Å². The first-order valence-electron chi connectivity index (χ1n) is 14.8. The van der Waals surface area contributed by atoms with Crippen LogP contribution in [0, 0.1) is 67.6 Å². The van der Waals surface area contributed by atoms with E-state index in [-0.39, 0.29) is 5.41 Å². The molecule has 210 valence electrons. The van der Waals surface area contributed by atoms with Gasteiger partial charge in [0.15, 0.2) is 0 Å². The van der Waals surface area contributed by atoms with Crippen molar-refractivity contribution in [2.45, 2.75) is 71.6 Å².